The van der Waals surface area contributed by atoms with Crippen molar-refractivity contribution in [2.45, 2.75) is 32.9 Å². The Morgan fingerprint density at radius 3 is 2.22 bits per heavy atom. The normalized spacial score (nSPS) is 11.1. The number of halogens is 3. The van der Waals surface area contributed by atoms with E-state index < -0.39 is 17.6 Å². The van der Waals surface area contributed by atoms with Gasteiger partial charge in [-0.1, -0.05) is 31.2 Å². The SMILES string of the molecule is CCc1ccc(NC(=O)CCN(C(C)=O)c2ccccc2C(F)(F)F)cc1. The zero-order chi connectivity index (χ0) is 20.0. The Morgan fingerprint density at radius 1 is 1.04 bits per heavy atom. The van der Waals surface area contributed by atoms with Gasteiger partial charge in [0, 0.05) is 25.6 Å². The predicted molar refractivity (Wildman–Crippen MR) is 98.5 cm³/mol. The molecule has 0 aromatic heterocycles. The highest BCUT2D eigenvalue weighted by atomic mass is 19.4. The third-order valence-electron chi connectivity index (χ3n) is 4.09. The Labute approximate surface area is 156 Å². The van der Waals surface area contributed by atoms with Crippen molar-refractivity contribution in [3.63, 3.8) is 0 Å². The van der Waals surface area contributed by atoms with Crippen LogP contribution < -0.4 is 10.2 Å². The number of nitrogens with one attached hydrogen (secondary N) is 1. The molecule has 1 N–H and O–H groups in total. The molecule has 0 bridgehead atoms. The summed E-state index contributed by atoms with van der Waals surface area (Å²) in [6.07, 6.45) is -3.84. The monoisotopic (exact) mass is 378 g/mol. The molecule has 0 radical (unpaired) electrons. The molecule has 0 spiro atoms. The lowest BCUT2D eigenvalue weighted by Crippen LogP contribution is -2.33. The quantitative estimate of drug-likeness (QED) is 0.796. The van der Waals surface area contributed by atoms with Gasteiger partial charge in [-0.3, -0.25) is 9.59 Å². The van der Waals surface area contributed by atoms with Crippen LogP contribution in [0.1, 0.15) is 31.4 Å². The topological polar surface area (TPSA) is 49.4 Å². The van der Waals surface area contributed by atoms with Gasteiger partial charge < -0.3 is 10.2 Å². The molecule has 7 heteroatoms. The molecule has 2 rings (SSSR count). The van der Waals surface area contributed by atoms with E-state index in [9.17, 15) is 22.8 Å². The van der Waals surface area contributed by atoms with Gasteiger partial charge in [-0.2, -0.15) is 13.2 Å². The summed E-state index contributed by atoms with van der Waals surface area (Å²) in [5, 5.41) is 2.68. The van der Waals surface area contributed by atoms with E-state index in [0.29, 0.717) is 5.69 Å². The number of rotatable bonds is 6. The van der Waals surface area contributed by atoms with Gasteiger partial charge in [0.25, 0.3) is 0 Å². The van der Waals surface area contributed by atoms with Crippen molar-refractivity contribution in [1.82, 2.24) is 0 Å². The predicted octanol–water partition coefficient (Wildman–Crippen LogP) is 4.65. The second kappa shape index (κ2) is 8.70. The summed E-state index contributed by atoms with van der Waals surface area (Å²) in [5.74, 6) is -0.943. The Kier molecular flexibility index (Phi) is 6.60. The van der Waals surface area contributed by atoms with E-state index in [4.69, 9.17) is 0 Å². The summed E-state index contributed by atoms with van der Waals surface area (Å²) >= 11 is 0. The molecule has 0 saturated carbocycles. The summed E-state index contributed by atoms with van der Waals surface area (Å²) in [4.78, 5) is 25.0. The van der Waals surface area contributed by atoms with Crippen molar-refractivity contribution in [1.29, 1.82) is 0 Å². The minimum atomic E-state index is -4.59. The number of anilines is 2. The van der Waals surface area contributed by atoms with Gasteiger partial charge in [0.2, 0.25) is 11.8 Å². The first kappa shape index (κ1) is 20.5. The fourth-order valence-electron chi connectivity index (χ4n) is 2.66. The first-order valence-electron chi connectivity index (χ1n) is 8.55. The lowest BCUT2D eigenvalue weighted by atomic mass is 10.1. The van der Waals surface area contributed by atoms with Crippen LogP contribution in [0.5, 0.6) is 0 Å². The molecule has 2 aromatic carbocycles. The molecule has 4 nitrogen and oxygen atoms in total. The van der Waals surface area contributed by atoms with Crippen LogP contribution in [0.3, 0.4) is 0 Å². The summed E-state index contributed by atoms with van der Waals surface area (Å²) < 4.78 is 39.6. The fraction of sp³-hybridized carbons (Fsp3) is 0.300. The third-order valence-corrected chi connectivity index (χ3v) is 4.09. The second-order valence-electron chi connectivity index (χ2n) is 6.03. The van der Waals surface area contributed by atoms with E-state index in [1.165, 1.54) is 25.1 Å². The molecule has 0 unspecified atom stereocenters. The maximum atomic E-state index is 13.2. The molecule has 2 aromatic rings. The van der Waals surface area contributed by atoms with Crippen LogP contribution in [0.2, 0.25) is 0 Å². The van der Waals surface area contributed by atoms with Gasteiger partial charge >= 0.3 is 6.18 Å². The standard InChI is InChI=1S/C20H21F3N2O2/c1-3-15-8-10-16(11-9-15)24-19(27)12-13-25(14(2)26)18-7-5-4-6-17(18)20(21,22)23/h4-11H,3,12-13H2,1-2H3,(H,24,27). The molecule has 0 saturated heterocycles. The highest BCUT2D eigenvalue weighted by Gasteiger charge is 2.35. The molecule has 0 fully saturated rings. The highest BCUT2D eigenvalue weighted by molar-refractivity contribution is 5.95. The first-order chi connectivity index (χ1) is 12.7. The molecule has 0 aliphatic carbocycles. The summed E-state index contributed by atoms with van der Waals surface area (Å²) in [6, 6.07) is 12.1. The van der Waals surface area contributed by atoms with Crippen LogP contribution >= 0.6 is 0 Å². The molecule has 0 heterocycles. The number of benzene rings is 2. The fourth-order valence-corrected chi connectivity index (χ4v) is 2.66. The molecule has 0 aliphatic heterocycles. The van der Waals surface area contributed by atoms with Crippen molar-refractivity contribution in [2.75, 3.05) is 16.8 Å². The first-order valence-corrected chi connectivity index (χ1v) is 8.55. The Hall–Kier alpha value is -2.83. The van der Waals surface area contributed by atoms with Crippen LogP contribution in [-0.4, -0.2) is 18.4 Å². The molecule has 27 heavy (non-hydrogen) atoms. The van der Waals surface area contributed by atoms with E-state index in [-0.39, 0.29) is 24.6 Å². The average Bonchev–Trinajstić information content (AvgIpc) is 2.62. The zero-order valence-corrected chi connectivity index (χ0v) is 15.1. The van der Waals surface area contributed by atoms with Crippen molar-refractivity contribution >= 4 is 23.2 Å². The molecular formula is C20H21F3N2O2. The van der Waals surface area contributed by atoms with Gasteiger partial charge in [0.05, 0.1) is 11.3 Å². The number of amides is 2. The minimum Gasteiger partial charge on any atom is -0.326 e. The van der Waals surface area contributed by atoms with E-state index in [0.717, 1.165) is 23.0 Å². The summed E-state index contributed by atoms with van der Waals surface area (Å²) in [7, 11) is 0. The number of nitrogens with zero attached hydrogens (tertiary/aromatic N) is 1. The number of para-hydroxylation sites is 1. The van der Waals surface area contributed by atoms with Crippen molar-refractivity contribution in [3.05, 3.63) is 59.7 Å². The van der Waals surface area contributed by atoms with Crippen molar-refractivity contribution in [3.8, 4) is 0 Å². The van der Waals surface area contributed by atoms with E-state index in [1.54, 1.807) is 12.1 Å². The summed E-state index contributed by atoms with van der Waals surface area (Å²) in [6.45, 7) is 3.04. The van der Waals surface area contributed by atoms with Gasteiger partial charge in [-0.25, -0.2) is 0 Å². The van der Waals surface area contributed by atoms with Crippen LogP contribution in [0, 0.1) is 0 Å². The minimum absolute atomic E-state index is 0.124. The smallest absolute Gasteiger partial charge is 0.326 e. The number of carbonyl (C=O) groups is 2. The van der Waals surface area contributed by atoms with Crippen LogP contribution in [0.4, 0.5) is 24.5 Å². The molecular weight excluding hydrogens is 357 g/mol. The van der Waals surface area contributed by atoms with Gasteiger partial charge in [-0.05, 0) is 36.2 Å². The Balaban J connectivity index is 2.09. The maximum absolute atomic E-state index is 13.2. The van der Waals surface area contributed by atoms with Crippen LogP contribution in [0.15, 0.2) is 48.5 Å². The van der Waals surface area contributed by atoms with E-state index >= 15 is 0 Å². The van der Waals surface area contributed by atoms with Crippen LogP contribution in [0.25, 0.3) is 0 Å². The number of alkyl halides is 3. The third kappa shape index (κ3) is 5.57. The Bertz CT molecular complexity index is 802. The molecule has 0 aliphatic rings. The molecule has 0 atom stereocenters. The highest BCUT2D eigenvalue weighted by Crippen LogP contribution is 2.36. The average molecular weight is 378 g/mol. The van der Waals surface area contributed by atoms with Crippen molar-refractivity contribution in [2.24, 2.45) is 0 Å². The molecule has 2 amide bonds. The largest absolute Gasteiger partial charge is 0.418 e. The Morgan fingerprint density at radius 2 is 1.67 bits per heavy atom. The molecule has 144 valence electrons. The summed E-state index contributed by atoms with van der Waals surface area (Å²) in [5.41, 5.74) is 0.565. The van der Waals surface area contributed by atoms with E-state index in [1.807, 2.05) is 19.1 Å². The number of hydrogen-bond donors (Lipinski definition) is 1. The van der Waals surface area contributed by atoms with Gasteiger partial charge in [0.1, 0.15) is 0 Å². The number of hydrogen-bond acceptors (Lipinski definition) is 2. The number of aryl methyl sites for hydroxylation is 1. The van der Waals surface area contributed by atoms with Gasteiger partial charge in [0.15, 0.2) is 0 Å². The van der Waals surface area contributed by atoms with Gasteiger partial charge in [-0.15, -0.1) is 0 Å². The van der Waals surface area contributed by atoms with Crippen LogP contribution in [-0.2, 0) is 22.2 Å². The van der Waals surface area contributed by atoms with Crippen molar-refractivity contribution < 1.29 is 22.8 Å². The second-order valence-corrected chi connectivity index (χ2v) is 6.03. The number of carbonyl (C=O) groups excluding carboxylic acids is 2. The zero-order valence-electron chi connectivity index (χ0n) is 15.1. The van der Waals surface area contributed by atoms with E-state index in [2.05, 4.69) is 5.32 Å². The lowest BCUT2D eigenvalue weighted by molar-refractivity contribution is -0.137. The lowest BCUT2D eigenvalue weighted by Gasteiger charge is -2.24. The maximum Gasteiger partial charge on any atom is 0.418 e.